The number of hydrogen-bond acceptors (Lipinski definition) is 9. The normalized spacial score (nSPS) is 12.7. The van der Waals surface area contributed by atoms with Crippen molar-refractivity contribution in [3.63, 3.8) is 0 Å². The zero-order valence-corrected chi connectivity index (χ0v) is 20.4. The Morgan fingerprint density at radius 3 is 2.49 bits per heavy atom. The van der Waals surface area contributed by atoms with Crippen molar-refractivity contribution in [3.8, 4) is 22.9 Å². The quantitative estimate of drug-likeness (QED) is 0.340. The third-order valence-electron chi connectivity index (χ3n) is 5.80. The molecule has 0 saturated heterocycles. The smallest absolute Gasteiger partial charge is 0.253 e. The fraction of sp³-hybridized carbons (Fsp3) is 0.185. The summed E-state index contributed by atoms with van der Waals surface area (Å²) in [4.78, 5) is 27.5. The average molecular weight is 496 g/mol. The molecule has 1 atom stereocenters. The summed E-state index contributed by atoms with van der Waals surface area (Å²) in [5.74, 6) is 0.659. The average Bonchev–Trinajstić information content (AvgIpc) is 3.62. The van der Waals surface area contributed by atoms with Gasteiger partial charge in [0.2, 0.25) is 17.7 Å². The predicted octanol–water partition coefficient (Wildman–Crippen LogP) is 3.87. The van der Waals surface area contributed by atoms with Gasteiger partial charge in [0.15, 0.2) is 0 Å². The van der Waals surface area contributed by atoms with E-state index in [2.05, 4.69) is 25.1 Å². The second kappa shape index (κ2) is 10.1. The predicted molar refractivity (Wildman–Crippen MR) is 135 cm³/mol. The number of rotatable bonds is 8. The van der Waals surface area contributed by atoms with Gasteiger partial charge in [0.05, 0.1) is 30.2 Å². The van der Waals surface area contributed by atoms with Crippen LogP contribution in [0.1, 0.15) is 34.4 Å². The highest BCUT2D eigenvalue weighted by Gasteiger charge is 2.29. The molecule has 0 spiro atoms. The van der Waals surface area contributed by atoms with E-state index in [-0.39, 0.29) is 11.8 Å². The van der Waals surface area contributed by atoms with E-state index >= 15 is 0 Å². The van der Waals surface area contributed by atoms with Gasteiger partial charge >= 0.3 is 0 Å². The highest BCUT2D eigenvalue weighted by molar-refractivity contribution is 5.96. The van der Waals surface area contributed by atoms with E-state index < -0.39 is 5.54 Å². The van der Waals surface area contributed by atoms with Gasteiger partial charge in [0.1, 0.15) is 6.26 Å². The van der Waals surface area contributed by atoms with Crippen molar-refractivity contribution in [2.24, 2.45) is 5.73 Å². The van der Waals surface area contributed by atoms with Crippen molar-refractivity contribution >= 4 is 5.91 Å². The Labute approximate surface area is 213 Å². The number of amides is 1. The van der Waals surface area contributed by atoms with Gasteiger partial charge in [-0.3, -0.25) is 14.8 Å². The van der Waals surface area contributed by atoms with Gasteiger partial charge in [-0.05, 0) is 37.1 Å². The Hall–Kier alpha value is -4.70. The minimum atomic E-state index is -0.887. The monoisotopic (exact) mass is 495 g/mol. The molecule has 5 aromatic rings. The molecule has 0 radical (unpaired) electrons. The molecule has 186 valence electrons. The number of nitrogens with two attached hydrogens (primary N) is 1. The second-order valence-electron chi connectivity index (χ2n) is 8.99. The standard InChI is InChI=1S/C27H25N7O3/c1-27(28,15-18-6-4-3-5-7-18)26-33-32-24(37-26)20-12-19(23-31-10-11-36-23)13-21(14-20)25(35)34(2)17-22-16-29-8-9-30-22/h3-14,16H,15,17,28H2,1-2H3/t27-/m1/s1. The van der Waals surface area contributed by atoms with Crippen LogP contribution >= 0.6 is 0 Å². The van der Waals surface area contributed by atoms with E-state index in [1.807, 2.05) is 37.3 Å². The molecule has 0 bridgehead atoms. The first-order valence-electron chi connectivity index (χ1n) is 11.6. The van der Waals surface area contributed by atoms with Crippen LogP contribution in [-0.4, -0.2) is 43.0 Å². The molecule has 0 aliphatic carbocycles. The fourth-order valence-electron chi connectivity index (χ4n) is 3.98. The first-order chi connectivity index (χ1) is 17.9. The summed E-state index contributed by atoms with van der Waals surface area (Å²) < 4.78 is 11.5. The number of benzene rings is 2. The lowest BCUT2D eigenvalue weighted by Gasteiger charge is -2.20. The van der Waals surface area contributed by atoms with Crippen LogP contribution in [0.4, 0.5) is 0 Å². The molecule has 0 aliphatic heterocycles. The van der Waals surface area contributed by atoms with Crippen LogP contribution in [0.3, 0.4) is 0 Å². The van der Waals surface area contributed by atoms with Crippen LogP contribution in [0.25, 0.3) is 22.9 Å². The summed E-state index contributed by atoms with van der Waals surface area (Å²) in [6.45, 7) is 2.14. The van der Waals surface area contributed by atoms with E-state index in [9.17, 15) is 4.79 Å². The van der Waals surface area contributed by atoms with E-state index in [1.54, 1.807) is 48.7 Å². The van der Waals surface area contributed by atoms with Gasteiger partial charge in [-0.15, -0.1) is 10.2 Å². The summed E-state index contributed by atoms with van der Waals surface area (Å²) in [5, 5.41) is 8.47. The van der Waals surface area contributed by atoms with Crippen LogP contribution in [0, 0.1) is 0 Å². The summed E-state index contributed by atoms with van der Waals surface area (Å²) >= 11 is 0. The van der Waals surface area contributed by atoms with Gasteiger partial charge in [-0.2, -0.15) is 0 Å². The number of carbonyl (C=O) groups is 1. The largest absolute Gasteiger partial charge is 0.445 e. The lowest BCUT2D eigenvalue weighted by molar-refractivity contribution is 0.0783. The molecule has 10 heteroatoms. The maximum absolute atomic E-state index is 13.4. The van der Waals surface area contributed by atoms with Gasteiger partial charge in [0.25, 0.3) is 5.91 Å². The lowest BCUT2D eigenvalue weighted by Crippen LogP contribution is -2.35. The fourth-order valence-corrected chi connectivity index (χ4v) is 3.98. The van der Waals surface area contributed by atoms with Crippen molar-refractivity contribution < 1.29 is 13.6 Å². The van der Waals surface area contributed by atoms with E-state index in [0.717, 1.165) is 5.56 Å². The van der Waals surface area contributed by atoms with Crippen LogP contribution in [-0.2, 0) is 18.5 Å². The Bertz CT molecular complexity index is 1480. The first kappa shape index (κ1) is 24.0. The van der Waals surface area contributed by atoms with Crippen molar-refractivity contribution in [2.45, 2.75) is 25.4 Å². The highest BCUT2D eigenvalue weighted by Crippen LogP contribution is 2.30. The maximum atomic E-state index is 13.4. The van der Waals surface area contributed by atoms with Crippen molar-refractivity contribution in [2.75, 3.05) is 7.05 Å². The van der Waals surface area contributed by atoms with Crippen LogP contribution < -0.4 is 5.73 Å². The minimum absolute atomic E-state index is 0.229. The van der Waals surface area contributed by atoms with Crippen molar-refractivity contribution in [1.29, 1.82) is 0 Å². The van der Waals surface area contributed by atoms with E-state index in [0.29, 0.717) is 47.1 Å². The molecule has 0 fully saturated rings. The molecule has 0 saturated carbocycles. The molecule has 1 amide bonds. The Morgan fingerprint density at radius 2 is 1.78 bits per heavy atom. The number of carbonyl (C=O) groups excluding carboxylic acids is 1. The number of aromatic nitrogens is 5. The molecule has 2 aromatic carbocycles. The Kier molecular flexibility index (Phi) is 6.57. The molecule has 0 aliphatic rings. The highest BCUT2D eigenvalue weighted by atomic mass is 16.4. The maximum Gasteiger partial charge on any atom is 0.253 e. The summed E-state index contributed by atoms with van der Waals surface area (Å²) in [7, 11) is 1.70. The second-order valence-corrected chi connectivity index (χ2v) is 8.99. The summed E-state index contributed by atoms with van der Waals surface area (Å²) in [6, 6.07) is 15.1. The molecule has 2 N–H and O–H groups in total. The van der Waals surface area contributed by atoms with Crippen LogP contribution in [0.15, 0.2) is 88.4 Å². The third-order valence-corrected chi connectivity index (χ3v) is 5.80. The molecule has 37 heavy (non-hydrogen) atoms. The third kappa shape index (κ3) is 5.44. The topological polar surface area (TPSA) is 137 Å². The van der Waals surface area contributed by atoms with Crippen molar-refractivity contribution in [1.82, 2.24) is 30.0 Å². The molecule has 0 unspecified atom stereocenters. The van der Waals surface area contributed by atoms with Crippen LogP contribution in [0.2, 0.25) is 0 Å². The van der Waals surface area contributed by atoms with E-state index in [1.165, 1.54) is 12.5 Å². The SMILES string of the molecule is CN(Cc1cnccn1)C(=O)c1cc(-c2ncco2)cc(-c2nnc([C@](C)(N)Cc3ccccc3)o2)c1. The zero-order valence-electron chi connectivity index (χ0n) is 20.4. The van der Waals surface area contributed by atoms with Crippen LogP contribution in [0.5, 0.6) is 0 Å². The van der Waals surface area contributed by atoms with Gasteiger partial charge in [-0.1, -0.05) is 30.3 Å². The number of hydrogen-bond donors (Lipinski definition) is 1. The first-order valence-corrected chi connectivity index (χ1v) is 11.6. The zero-order chi connectivity index (χ0) is 25.8. The molecule has 5 rings (SSSR count). The molecular weight excluding hydrogens is 470 g/mol. The number of nitrogens with zero attached hydrogens (tertiary/aromatic N) is 6. The van der Waals surface area contributed by atoms with E-state index in [4.69, 9.17) is 14.6 Å². The Balaban J connectivity index is 1.47. The molecule has 10 nitrogen and oxygen atoms in total. The van der Waals surface area contributed by atoms with Crippen molar-refractivity contribution in [3.05, 3.63) is 102 Å². The van der Waals surface area contributed by atoms with Gasteiger partial charge < -0.3 is 19.5 Å². The molecular formula is C27H25N7O3. The van der Waals surface area contributed by atoms with Gasteiger partial charge in [0, 0.05) is 36.1 Å². The minimum Gasteiger partial charge on any atom is -0.445 e. The van der Waals surface area contributed by atoms with Gasteiger partial charge in [-0.25, -0.2) is 4.98 Å². The number of oxazole rings is 1. The summed E-state index contributed by atoms with van der Waals surface area (Å²) in [6.07, 6.45) is 8.32. The Morgan fingerprint density at radius 1 is 1.00 bits per heavy atom. The molecule has 3 aromatic heterocycles. The molecule has 3 heterocycles. The lowest BCUT2D eigenvalue weighted by atomic mass is 9.94. The summed E-state index contributed by atoms with van der Waals surface area (Å²) in [5.41, 5.74) is 8.94.